The summed E-state index contributed by atoms with van der Waals surface area (Å²) in [5, 5.41) is 10.7. The fourth-order valence-corrected chi connectivity index (χ4v) is 3.59. The van der Waals surface area contributed by atoms with Gasteiger partial charge in [-0.1, -0.05) is 0 Å². The van der Waals surface area contributed by atoms with Crippen LogP contribution in [0.5, 0.6) is 0 Å². The average Bonchev–Trinajstić information content (AvgIpc) is 3.05. The normalized spacial score (nSPS) is 14.8. The minimum absolute atomic E-state index is 0.0740. The van der Waals surface area contributed by atoms with Crippen molar-refractivity contribution >= 4 is 22.9 Å². The summed E-state index contributed by atoms with van der Waals surface area (Å²) in [5.41, 5.74) is 0.971. The molecule has 2 aromatic rings. The molecule has 5 nitrogen and oxygen atoms in total. The second-order valence-electron chi connectivity index (χ2n) is 5.32. The maximum Gasteiger partial charge on any atom is 0.269 e. The Balaban J connectivity index is 1.78. The van der Waals surface area contributed by atoms with Crippen molar-refractivity contribution in [1.82, 2.24) is 4.90 Å². The van der Waals surface area contributed by atoms with Crippen molar-refractivity contribution in [3.8, 4) is 10.4 Å². The van der Waals surface area contributed by atoms with E-state index in [4.69, 9.17) is 0 Å². The number of likely N-dealkylation sites (tertiary alicyclic amines) is 1. The molecule has 1 saturated heterocycles. The van der Waals surface area contributed by atoms with Gasteiger partial charge in [-0.3, -0.25) is 14.9 Å². The zero-order chi connectivity index (χ0) is 15.5. The Morgan fingerprint density at radius 3 is 2.36 bits per heavy atom. The predicted octanol–water partition coefficient (Wildman–Crippen LogP) is 3.95. The number of hydrogen-bond donors (Lipinski definition) is 0. The molecule has 0 radical (unpaired) electrons. The minimum atomic E-state index is -0.413. The fraction of sp³-hybridized carbons (Fsp3) is 0.312. The molecule has 1 amide bonds. The van der Waals surface area contributed by atoms with Crippen LogP contribution in [0.4, 0.5) is 5.69 Å². The van der Waals surface area contributed by atoms with Crippen molar-refractivity contribution in [3.63, 3.8) is 0 Å². The third-order valence-corrected chi connectivity index (χ3v) is 4.95. The molecule has 1 aliphatic rings. The lowest BCUT2D eigenvalue weighted by atomic mass is 10.1. The van der Waals surface area contributed by atoms with E-state index in [1.54, 1.807) is 12.1 Å². The number of rotatable bonds is 3. The first-order chi connectivity index (χ1) is 10.6. The first kappa shape index (κ1) is 14.7. The molecule has 1 aromatic carbocycles. The summed E-state index contributed by atoms with van der Waals surface area (Å²) < 4.78 is 0. The SMILES string of the molecule is O=C(c1ccc(-c2ccc([N+](=O)[O-])cc2)s1)N1CCCCC1. The number of amides is 1. The van der Waals surface area contributed by atoms with Crippen LogP contribution < -0.4 is 0 Å². The molecule has 6 heteroatoms. The third-order valence-electron chi connectivity index (χ3n) is 3.82. The van der Waals surface area contributed by atoms with Crippen molar-refractivity contribution in [2.75, 3.05) is 13.1 Å². The number of nitro groups is 1. The number of non-ortho nitro benzene ring substituents is 1. The lowest BCUT2D eigenvalue weighted by Gasteiger charge is -2.26. The van der Waals surface area contributed by atoms with Crippen LogP contribution in [0.15, 0.2) is 36.4 Å². The van der Waals surface area contributed by atoms with E-state index in [0.717, 1.165) is 41.2 Å². The summed E-state index contributed by atoms with van der Waals surface area (Å²) >= 11 is 1.44. The number of piperidine rings is 1. The Hall–Kier alpha value is -2.21. The highest BCUT2D eigenvalue weighted by atomic mass is 32.1. The van der Waals surface area contributed by atoms with E-state index >= 15 is 0 Å². The van der Waals surface area contributed by atoms with Crippen molar-refractivity contribution in [1.29, 1.82) is 0 Å². The van der Waals surface area contributed by atoms with Gasteiger partial charge in [0.25, 0.3) is 11.6 Å². The molecule has 0 atom stereocenters. The molecule has 114 valence electrons. The standard InChI is InChI=1S/C16H16N2O3S/c19-16(17-10-2-1-3-11-17)15-9-8-14(22-15)12-4-6-13(7-5-12)18(20)21/h4-9H,1-3,10-11H2. The number of nitro benzene ring substituents is 1. The molecule has 0 N–H and O–H groups in total. The van der Waals surface area contributed by atoms with Crippen molar-refractivity contribution < 1.29 is 9.72 Å². The molecular weight excluding hydrogens is 300 g/mol. The van der Waals surface area contributed by atoms with Crippen LogP contribution in [0.25, 0.3) is 10.4 Å². The largest absolute Gasteiger partial charge is 0.338 e. The van der Waals surface area contributed by atoms with Gasteiger partial charge in [0.2, 0.25) is 0 Å². The van der Waals surface area contributed by atoms with Gasteiger partial charge in [0, 0.05) is 30.1 Å². The van der Waals surface area contributed by atoms with E-state index in [1.165, 1.54) is 29.9 Å². The summed E-state index contributed by atoms with van der Waals surface area (Å²) in [6.07, 6.45) is 3.35. The zero-order valence-corrected chi connectivity index (χ0v) is 12.8. The van der Waals surface area contributed by atoms with E-state index in [1.807, 2.05) is 17.0 Å². The van der Waals surface area contributed by atoms with Crippen LogP contribution in [0.2, 0.25) is 0 Å². The molecule has 0 unspecified atom stereocenters. The van der Waals surface area contributed by atoms with E-state index in [2.05, 4.69) is 0 Å². The number of hydrogen-bond acceptors (Lipinski definition) is 4. The first-order valence-corrected chi connectivity index (χ1v) is 8.11. The van der Waals surface area contributed by atoms with E-state index in [9.17, 15) is 14.9 Å². The van der Waals surface area contributed by atoms with Gasteiger partial charge in [-0.05, 0) is 49.1 Å². The first-order valence-electron chi connectivity index (χ1n) is 7.29. The second-order valence-corrected chi connectivity index (χ2v) is 6.40. The molecular formula is C16H16N2O3S. The van der Waals surface area contributed by atoms with Crippen molar-refractivity contribution in [2.24, 2.45) is 0 Å². The molecule has 0 spiro atoms. The molecule has 2 heterocycles. The van der Waals surface area contributed by atoms with Gasteiger partial charge in [0.05, 0.1) is 9.80 Å². The lowest BCUT2D eigenvalue weighted by Crippen LogP contribution is -2.35. The maximum absolute atomic E-state index is 12.4. The van der Waals surface area contributed by atoms with Crippen molar-refractivity contribution in [2.45, 2.75) is 19.3 Å². The summed E-state index contributed by atoms with van der Waals surface area (Å²) in [6.45, 7) is 1.67. The summed E-state index contributed by atoms with van der Waals surface area (Å²) in [5.74, 6) is 0.0952. The van der Waals surface area contributed by atoms with Crippen LogP contribution in [0.3, 0.4) is 0 Å². The number of benzene rings is 1. The second kappa shape index (κ2) is 6.27. The Bertz CT molecular complexity index is 688. The van der Waals surface area contributed by atoms with Gasteiger partial charge in [-0.15, -0.1) is 11.3 Å². The van der Waals surface area contributed by atoms with Gasteiger partial charge >= 0.3 is 0 Å². The highest BCUT2D eigenvalue weighted by Crippen LogP contribution is 2.30. The van der Waals surface area contributed by atoms with Gasteiger partial charge in [0.15, 0.2) is 0 Å². The monoisotopic (exact) mass is 316 g/mol. The maximum atomic E-state index is 12.4. The van der Waals surface area contributed by atoms with Crippen LogP contribution >= 0.6 is 11.3 Å². The summed E-state index contributed by atoms with van der Waals surface area (Å²) in [6, 6.07) is 10.2. The quantitative estimate of drug-likeness (QED) is 0.636. The number of nitrogens with zero attached hydrogens (tertiary/aromatic N) is 2. The highest BCUT2D eigenvalue weighted by molar-refractivity contribution is 7.17. The molecule has 1 aromatic heterocycles. The fourth-order valence-electron chi connectivity index (χ4n) is 2.61. The Labute approximate surface area is 132 Å². The highest BCUT2D eigenvalue weighted by Gasteiger charge is 2.20. The molecule has 22 heavy (non-hydrogen) atoms. The molecule has 0 aliphatic carbocycles. The topological polar surface area (TPSA) is 63.4 Å². The molecule has 3 rings (SSSR count). The Morgan fingerprint density at radius 2 is 1.73 bits per heavy atom. The van der Waals surface area contributed by atoms with Crippen LogP contribution in [-0.2, 0) is 0 Å². The molecule has 0 saturated carbocycles. The van der Waals surface area contributed by atoms with Gasteiger partial charge in [-0.2, -0.15) is 0 Å². The van der Waals surface area contributed by atoms with Gasteiger partial charge in [0.1, 0.15) is 0 Å². The van der Waals surface area contributed by atoms with Crippen LogP contribution in [0.1, 0.15) is 28.9 Å². The summed E-state index contributed by atoms with van der Waals surface area (Å²) in [4.78, 5) is 26.3. The minimum Gasteiger partial charge on any atom is -0.338 e. The Kier molecular flexibility index (Phi) is 4.20. The molecule has 1 aliphatic heterocycles. The zero-order valence-electron chi connectivity index (χ0n) is 12.0. The van der Waals surface area contributed by atoms with Crippen molar-refractivity contribution in [3.05, 3.63) is 51.4 Å². The van der Waals surface area contributed by atoms with E-state index in [-0.39, 0.29) is 11.6 Å². The molecule has 1 fully saturated rings. The third kappa shape index (κ3) is 3.01. The Morgan fingerprint density at radius 1 is 1.05 bits per heavy atom. The van der Waals surface area contributed by atoms with Gasteiger partial charge in [-0.25, -0.2) is 0 Å². The number of carbonyl (C=O) groups is 1. The van der Waals surface area contributed by atoms with Crippen LogP contribution in [-0.4, -0.2) is 28.8 Å². The predicted molar refractivity (Wildman–Crippen MR) is 86.2 cm³/mol. The number of carbonyl (C=O) groups excluding carboxylic acids is 1. The smallest absolute Gasteiger partial charge is 0.269 e. The number of thiophene rings is 1. The lowest BCUT2D eigenvalue weighted by molar-refractivity contribution is -0.384. The summed E-state index contributed by atoms with van der Waals surface area (Å²) in [7, 11) is 0. The van der Waals surface area contributed by atoms with Crippen LogP contribution in [0, 0.1) is 10.1 Å². The van der Waals surface area contributed by atoms with E-state index in [0.29, 0.717) is 0 Å². The molecule has 0 bridgehead atoms. The van der Waals surface area contributed by atoms with E-state index < -0.39 is 4.92 Å². The van der Waals surface area contributed by atoms with Gasteiger partial charge < -0.3 is 4.90 Å². The average molecular weight is 316 g/mol.